The van der Waals surface area contributed by atoms with Crippen molar-refractivity contribution in [3.63, 3.8) is 0 Å². The highest BCUT2D eigenvalue weighted by Crippen LogP contribution is 2.29. The van der Waals surface area contributed by atoms with E-state index in [0.29, 0.717) is 12.5 Å². The number of nitrogens with one attached hydrogen (secondary N) is 1. The minimum Gasteiger partial charge on any atom is -0.465 e. The molecule has 3 nitrogen and oxygen atoms in total. The number of hydrogen-bond acceptors (Lipinski definition) is 3. The summed E-state index contributed by atoms with van der Waals surface area (Å²) in [5, 5.41) is 2.91. The molecule has 1 atom stereocenters. The number of carbonyl (C=O) groups is 1. The van der Waals surface area contributed by atoms with Gasteiger partial charge >= 0.3 is 5.97 Å². The third kappa shape index (κ3) is 3.50. The van der Waals surface area contributed by atoms with E-state index in [2.05, 4.69) is 5.32 Å². The zero-order chi connectivity index (χ0) is 13.8. The first-order valence-electron chi connectivity index (χ1n) is 6.47. The molecule has 1 unspecified atom stereocenters. The van der Waals surface area contributed by atoms with E-state index in [4.69, 9.17) is 4.74 Å². The highest BCUT2D eigenvalue weighted by molar-refractivity contribution is 5.77. The van der Waals surface area contributed by atoms with Crippen LogP contribution in [0, 0.1) is 17.6 Å². The highest BCUT2D eigenvalue weighted by atomic mass is 19.1. The van der Waals surface area contributed by atoms with Crippen LogP contribution in [0.4, 0.5) is 8.78 Å². The Morgan fingerprint density at radius 2 is 2.05 bits per heavy atom. The third-order valence-corrected chi connectivity index (χ3v) is 3.12. The van der Waals surface area contributed by atoms with Crippen LogP contribution in [0.25, 0.3) is 0 Å². The van der Waals surface area contributed by atoms with E-state index in [0.717, 1.165) is 25.0 Å². The lowest BCUT2D eigenvalue weighted by atomic mass is 10.1. The van der Waals surface area contributed by atoms with Crippen LogP contribution in [0.15, 0.2) is 18.2 Å². The molecule has 0 saturated heterocycles. The Labute approximate surface area is 111 Å². The summed E-state index contributed by atoms with van der Waals surface area (Å²) in [6.45, 7) is 2.40. The number of carbonyl (C=O) groups excluding carboxylic acids is 1. The van der Waals surface area contributed by atoms with Crippen molar-refractivity contribution in [2.75, 3.05) is 13.2 Å². The first-order chi connectivity index (χ1) is 9.13. The molecule has 19 heavy (non-hydrogen) atoms. The topological polar surface area (TPSA) is 38.3 Å². The maximum absolute atomic E-state index is 13.8. The van der Waals surface area contributed by atoms with Crippen molar-refractivity contribution in [3.8, 4) is 0 Å². The van der Waals surface area contributed by atoms with E-state index in [1.54, 1.807) is 6.92 Å². The second-order valence-electron chi connectivity index (χ2n) is 4.67. The number of hydrogen-bond donors (Lipinski definition) is 1. The SMILES string of the molecule is CCOC(=O)C(NCC1CC1)c1c(F)cccc1F. The van der Waals surface area contributed by atoms with Crippen LogP contribution >= 0.6 is 0 Å². The van der Waals surface area contributed by atoms with E-state index < -0.39 is 23.6 Å². The Morgan fingerprint density at radius 3 is 2.58 bits per heavy atom. The fraction of sp³-hybridized carbons (Fsp3) is 0.500. The van der Waals surface area contributed by atoms with E-state index >= 15 is 0 Å². The molecule has 1 aliphatic carbocycles. The lowest BCUT2D eigenvalue weighted by Gasteiger charge is -2.18. The van der Waals surface area contributed by atoms with Crippen LogP contribution in [-0.2, 0) is 9.53 Å². The molecule has 5 heteroatoms. The predicted octanol–water partition coefficient (Wildman–Crippen LogP) is 2.57. The second-order valence-corrected chi connectivity index (χ2v) is 4.67. The van der Waals surface area contributed by atoms with Gasteiger partial charge in [-0.1, -0.05) is 6.07 Å². The van der Waals surface area contributed by atoms with Gasteiger partial charge in [-0.05, 0) is 44.4 Å². The first-order valence-corrected chi connectivity index (χ1v) is 6.47. The minimum absolute atomic E-state index is 0.177. The Hall–Kier alpha value is -1.49. The molecular formula is C14H17F2NO2. The summed E-state index contributed by atoms with van der Waals surface area (Å²) in [5.41, 5.74) is -0.262. The molecule has 0 spiro atoms. The van der Waals surface area contributed by atoms with Gasteiger partial charge in [0.05, 0.1) is 12.2 Å². The van der Waals surface area contributed by atoms with Crippen molar-refractivity contribution in [1.29, 1.82) is 0 Å². The minimum atomic E-state index is -1.08. The molecule has 0 aromatic heterocycles. The standard InChI is InChI=1S/C14H17F2NO2/c1-2-19-14(18)13(17-8-9-6-7-9)12-10(15)4-3-5-11(12)16/h3-5,9,13,17H,2,6-8H2,1H3. The summed E-state index contributed by atoms with van der Waals surface area (Å²) in [7, 11) is 0. The van der Waals surface area contributed by atoms with Crippen molar-refractivity contribution in [2.24, 2.45) is 5.92 Å². The van der Waals surface area contributed by atoms with Gasteiger partial charge in [0, 0.05) is 0 Å². The monoisotopic (exact) mass is 269 g/mol. The van der Waals surface area contributed by atoms with Crippen molar-refractivity contribution in [1.82, 2.24) is 5.32 Å². The molecule has 1 fully saturated rings. The molecule has 0 amide bonds. The highest BCUT2D eigenvalue weighted by Gasteiger charge is 2.30. The average Bonchev–Trinajstić information content (AvgIpc) is 3.17. The normalized spacial score (nSPS) is 16.2. The van der Waals surface area contributed by atoms with Crippen LogP contribution < -0.4 is 5.32 Å². The number of esters is 1. The van der Waals surface area contributed by atoms with Crippen LogP contribution in [-0.4, -0.2) is 19.1 Å². The third-order valence-electron chi connectivity index (χ3n) is 3.12. The zero-order valence-corrected chi connectivity index (χ0v) is 10.8. The van der Waals surface area contributed by atoms with Gasteiger partial charge in [0.2, 0.25) is 0 Å². The van der Waals surface area contributed by atoms with Gasteiger partial charge in [-0.25, -0.2) is 13.6 Å². The fourth-order valence-corrected chi connectivity index (χ4v) is 1.92. The molecule has 104 valence electrons. The van der Waals surface area contributed by atoms with Gasteiger partial charge in [-0.15, -0.1) is 0 Å². The summed E-state index contributed by atoms with van der Waals surface area (Å²) in [6.07, 6.45) is 2.17. The number of benzene rings is 1. The molecule has 1 saturated carbocycles. The number of rotatable bonds is 6. The van der Waals surface area contributed by atoms with Gasteiger partial charge < -0.3 is 10.1 Å². The lowest BCUT2D eigenvalue weighted by molar-refractivity contribution is -0.146. The largest absolute Gasteiger partial charge is 0.465 e. The van der Waals surface area contributed by atoms with Crippen LogP contribution in [0.2, 0.25) is 0 Å². The van der Waals surface area contributed by atoms with Crippen molar-refractivity contribution < 1.29 is 18.3 Å². The summed E-state index contributed by atoms with van der Waals surface area (Å²) >= 11 is 0. The van der Waals surface area contributed by atoms with Gasteiger partial charge in [0.25, 0.3) is 0 Å². The fourth-order valence-electron chi connectivity index (χ4n) is 1.92. The quantitative estimate of drug-likeness (QED) is 0.807. The van der Waals surface area contributed by atoms with E-state index in [9.17, 15) is 13.6 Å². The molecule has 1 aromatic rings. The van der Waals surface area contributed by atoms with Gasteiger partial charge in [-0.3, -0.25) is 0 Å². The van der Waals surface area contributed by atoms with Gasteiger partial charge in [0.1, 0.15) is 17.7 Å². The van der Waals surface area contributed by atoms with Crippen LogP contribution in [0.1, 0.15) is 31.4 Å². The van der Waals surface area contributed by atoms with Gasteiger partial charge in [-0.2, -0.15) is 0 Å². The predicted molar refractivity (Wildman–Crippen MR) is 66.5 cm³/mol. The molecule has 1 N–H and O–H groups in total. The second kappa shape index (κ2) is 6.10. The molecule has 2 rings (SSSR count). The summed E-state index contributed by atoms with van der Waals surface area (Å²) in [6, 6.07) is 2.48. The summed E-state index contributed by atoms with van der Waals surface area (Å²) in [4.78, 5) is 11.9. The van der Waals surface area contributed by atoms with E-state index in [-0.39, 0.29) is 12.2 Å². The molecular weight excluding hydrogens is 252 g/mol. The average molecular weight is 269 g/mol. The molecule has 0 aliphatic heterocycles. The molecule has 1 aliphatic rings. The van der Waals surface area contributed by atoms with E-state index in [1.807, 2.05) is 0 Å². The maximum atomic E-state index is 13.8. The Kier molecular flexibility index (Phi) is 4.47. The molecule has 0 bridgehead atoms. The van der Waals surface area contributed by atoms with E-state index in [1.165, 1.54) is 6.07 Å². The Bertz CT molecular complexity index is 441. The summed E-state index contributed by atoms with van der Waals surface area (Å²) in [5.74, 6) is -1.62. The first kappa shape index (κ1) is 13.9. The number of halogens is 2. The maximum Gasteiger partial charge on any atom is 0.327 e. The lowest BCUT2D eigenvalue weighted by Crippen LogP contribution is -2.33. The van der Waals surface area contributed by atoms with Crippen molar-refractivity contribution in [3.05, 3.63) is 35.4 Å². The molecule has 0 radical (unpaired) electrons. The number of ether oxygens (including phenoxy) is 1. The zero-order valence-electron chi connectivity index (χ0n) is 10.8. The Morgan fingerprint density at radius 1 is 1.42 bits per heavy atom. The van der Waals surface area contributed by atoms with Crippen molar-refractivity contribution in [2.45, 2.75) is 25.8 Å². The van der Waals surface area contributed by atoms with Crippen LogP contribution in [0.3, 0.4) is 0 Å². The van der Waals surface area contributed by atoms with Gasteiger partial charge in [0.15, 0.2) is 0 Å². The smallest absolute Gasteiger partial charge is 0.327 e. The van der Waals surface area contributed by atoms with Crippen LogP contribution in [0.5, 0.6) is 0 Å². The Balaban J connectivity index is 2.21. The van der Waals surface area contributed by atoms with Crippen molar-refractivity contribution >= 4 is 5.97 Å². The molecule has 0 heterocycles. The summed E-state index contributed by atoms with van der Waals surface area (Å²) < 4.78 is 32.4. The molecule has 1 aromatic carbocycles.